The molecule has 0 unspecified atom stereocenters. The van der Waals surface area contributed by atoms with E-state index in [2.05, 4.69) is 31.6 Å². The number of nitrogens with one attached hydrogen (secondary N) is 5. The zero-order chi connectivity index (χ0) is 41.8. The molecule has 21 nitrogen and oxygen atoms in total. The van der Waals surface area contributed by atoms with Gasteiger partial charge in [0, 0.05) is 25.8 Å². The number of amides is 5. The van der Waals surface area contributed by atoms with Gasteiger partial charge in [-0.05, 0) is 62.6 Å². The maximum atomic E-state index is 13.4. The second-order valence-corrected chi connectivity index (χ2v) is 13.2. The summed E-state index contributed by atoms with van der Waals surface area (Å²) in [5.74, 6) is -8.90. The Balaban J connectivity index is 3.19. The predicted octanol–water partition coefficient (Wildman–Crippen LogP) is -2.38. The highest BCUT2D eigenvalue weighted by molar-refractivity contribution is 5.96. The Morgan fingerprint density at radius 3 is 1.60 bits per heavy atom. The van der Waals surface area contributed by atoms with Crippen molar-refractivity contribution in [3.05, 3.63) is 29.8 Å². The molecule has 5 amide bonds. The number of guanidine groups is 1. The number of hydrogen-bond acceptors (Lipinski definition) is 11. The van der Waals surface area contributed by atoms with Crippen molar-refractivity contribution >= 4 is 53.4 Å². The summed E-state index contributed by atoms with van der Waals surface area (Å²) in [6.07, 6.45) is -2.04. The van der Waals surface area contributed by atoms with Crippen molar-refractivity contribution < 1.29 is 58.8 Å². The molecule has 0 aliphatic carbocycles. The third-order valence-corrected chi connectivity index (χ3v) is 7.94. The number of aromatic hydroxyl groups is 1. The Hall–Kier alpha value is -5.99. The van der Waals surface area contributed by atoms with E-state index in [0.717, 1.165) is 0 Å². The minimum atomic E-state index is -1.63. The summed E-state index contributed by atoms with van der Waals surface area (Å²) < 4.78 is 0. The van der Waals surface area contributed by atoms with E-state index in [0.29, 0.717) is 12.0 Å². The molecule has 15 N–H and O–H groups in total. The molecule has 1 rings (SSSR count). The molecule has 0 saturated carbocycles. The normalized spacial score (nSPS) is 14.1. The van der Waals surface area contributed by atoms with Crippen LogP contribution >= 0.6 is 0 Å². The van der Waals surface area contributed by atoms with Crippen LogP contribution in [0.3, 0.4) is 0 Å². The van der Waals surface area contributed by atoms with Gasteiger partial charge in [0.25, 0.3) is 0 Å². The van der Waals surface area contributed by atoms with Crippen LogP contribution in [0.1, 0.15) is 71.3 Å². The summed E-state index contributed by atoms with van der Waals surface area (Å²) in [5.41, 5.74) is 17.1. The molecule has 0 aromatic heterocycles. The Morgan fingerprint density at radius 2 is 1.13 bits per heavy atom. The van der Waals surface area contributed by atoms with E-state index in [9.17, 15) is 58.8 Å². The van der Waals surface area contributed by atoms with Gasteiger partial charge >= 0.3 is 17.9 Å². The van der Waals surface area contributed by atoms with Gasteiger partial charge in [0.15, 0.2) is 5.96 Å². The predicted molar refractivity (Wildman–Crippen MR) is 196 cm³/mol. The Labute approximate surface area is 317 Å². The second-order valence-electron chi connectivity index (χ2n) is 13.2. The van der Waals surface area contributed by atoms with Crippen molar-refractivity contribution in [1.82, 2.24) is 26.6 Å². The monoisotopic (exact) mass is 779 g/mol. The molecule has 0 bridgehead atoms. The molecule has 21 heteroatoms. The first-order chi connectivity index (χ1) is 25.7. The molecule has 55 heavy (non-hydrogen) atoms. The van der Waals surface area contributed by atoms with Crippen molar-refractivity contribution in [2.45, 2.75) is 108 Å². The smallest absolute Gasteiger partial charge is 0.326 e. The molecule has 0 aliphatic rings. The molecule has 0 spiro atoms. The topological polar surface area (TPSA) is 368 Å². The molecule has 0 saturated heterocycles. The highest BCUT2D eigenvalue weighted by atomic mass is 16.4. The first kappa shape index (κ1) is 47.0. The lowest BCUT2D eigenvalue weighted by atomic mass is 10.0. The highest BCUT2D eigenvalue weighted by Gasteiger charge is 2.32. The largest absolute Gasteiger partial charge is 0.508 e. The Morgan fingerprint density at radius 1 is 0.655 bits per heavy atom. The zero-order valence-electron chi connectivity index (χ0n) is 30.9. The number of benzene rings is 1. The average molecular weight is 780 g/mol. The number of carbonyl (C=O) groups is 8. The SMILES string of the molecule is CC(C)C[C@H](N)C(=O)N[C@@H](Cc1ccc(O)cc1)C(=O)N[C@@H](C)C(=O)N[C@@H](CCC(=O)O)C(=O)N[C@@H](CCC(=O)O)C(=O)N[C@@H](CCCN=C(N)N)C(=O)O. The third kappa shape index (κ3) is 19.1. The van der Waals surface area contributed by atoms with Gasteiger partial charge in [0.1, 0.15) is 36.0 Å². The van der Waals surface area contributed by atoms with Gasteiger partial charge in [-0.25, -0.2) is 4.79 Å². The van der Waals surface area contributed by atoms with Gasteiger partial charge in [-0.2, -0.15) is 0 Å². The van der Waals surface area contributed by atoms with Gasteiger partial charge < -0.3 is 64.2 Å². The molecule has 0 radical (unpaired) electrons. The number of nitrogens with two attached hydrogens (primary N) is 3. The minimum Gasteiger partial charge on any atom is -0.508 e. The van der Waals surface area contributed by atoms with Gasteiger partial charge in [-0.1, -0.05) is 26.0 Å². The number of carboxylic acids is 3. The number of nitrogens with zero attached hydrogens (tertiary/aromatic N) is 1. The number of phenolic OH excluding ortho intramolecular Hbond substituents is 1. The van der Waals surface area contributed by atoms with Crippen LogP contribution in [0.2, 0.25) is 0 Å². The molecule has 1 aromatic carbocycles. The number of aliphatic carboxylic acids is 3. The van der Waals surface area contributed by atoms with Crippen LogP contribution in [-0.2, 0) is 44.8 Å². The number of hydrogen-bond donors (Lipinski definition) is 12. The minimum absolute atomic E-state index is 0.0335. The van der Waals surface area contributed by atoms with E-state index >= 15 is 0 Å². The summed E-state index contributed by atoms with van der Waals surface area (Å²) in [6, 6.07) is -2.49. The van der Waals surface area contributed by atoms with Crippen molar-refractivity contribution in [1.29, 1.82) is 0 Å². The molecule has 6 atom stereocenters. The van der Waals surface area contributed by atoms with Crippen LogP contribution in [-0.4, -0.2) is 117 Å². The van der Waals surface area contributed by atoms with E-state index in [1.54, 1.807) is 0 Å². The van der Waals surface area contributed by atoms with Gasteiger partial charge in [-0.3, -0.25) is 38.6 Å². The van der Waals surface area contributed by atoms with Crippen LogP contribution < -0.4 is 43.8 Å². The molecule has 306 valence electrons. The van der Waals surface area contributed by atoms with Crippen molar-refractivity contribution in [3.63, 3.8) is 0 Å². The van der Waals surface area contributed by atoms with Crippen LogP contribution in [0.15, 0.2) is 29.3 Å². The number of rotatable bonds is 25. The van der Waals surface area contributed by atoms with Crippen LogP contribution in [0.25, 0.3) is 0 Å². The lowest BCUT2D eigenvalue weighted by Gasteiger charge is -2.26. The molecule has 0 heterocycles. The average Bonchev–Trinajstić information content (AvgIpc) is 3.09. The van der Waals surface area contributed by atoms with Crippen molar-refractivity contribution in [2.75, 3.05) is 6.54 Å². The van der Waals surface area contributed by atoms with Gasteiger partial charge in [0.2, 0.25) is 29.5 Å². The molecule has 0 fully saturated rings. The number of phenols is 1. The molecule has 1 aromatic rings. The first-order valence-corrected chi connectivity index (χ1v) is 17.5. The van der Waals surface area contributed by atoms with Crippen LogP contribution in [0, 0.1) is 5.92 Å². The van der Waals surface area contributed by atoms with Crippen LogP contribution in [0.4, 0.5) is 0 Å². The fraction of sp³-hybridized carbons (Fsp3) is 0.559. The summed E-state index contributed by atoms with van der Waals surface area (Å²) in [7, 11) is 0. The van der Waals surface area contributed by atoms with Crippen LogP contribution in [0.5, 0.6) is 5.75 Å². The fourth-order valence-corrected chi connectivity index (χ4v) is 5.03. The van der Waals surface area contributed by atoms with Crippen molar-refractivity contribution in [3.8, 4) is 5.75 Å². The van der Waals surface area contributed by atoms with E-state index in [4.69, 9.17) is 17.2 Å². The lowest BCUT2D eigenvalue weighted by Crippen LogP contribution is -2.59. The molecule has 0 aliphatic heterocycles. The maximum Gasteiger partial charge on any atom is 0.326 e. The highest BCUT2D eigenvalue weighted by Crippen LogP contribution is 2.13. The zero-order valence-corrected chi connectivity index (χ0v) is 30.9. The molecular weight excluding hydrogens is 726 g/mol. The summed E-state index contributed by atoms with van der Waals surface area (Å²) in [4.78, 5) is 104. The molecular formula is C34H53N9O12. The van der Waals surface area contributed by atoms with E-state index in [-0.39, 0.29) is 43.4 Å². The third-order valence-electron chi connectivity index (χ3n) is 7.94. The van der Waals surface area contributed by atoms with Crippen molar-refractivity contribution in [2.24, 2.45) is 28.1 Å². The Bertz CT molecular complexity index is 1530. The summed E-state index contributed by atoms with van der Waals surface area (Å²) in [6.45, 7) is 5.02. The standard InChI is InChI=1S/C34H53N9O12/c1-17(2)15-21(35)29(50)43-25(16-19-6-8-20(44)9-7-19)32(53)39-18(3)28(49)40-22(10-12-26(45)46)30(51)41-23(11-13-27(47)48)31(52)42-24(33(54)55)5-4-14-38-34(36)37/h6-9,17-18,21-25,44H,4-5,10-16,35H2,1-3H3,(H,39,53)(H,40,49)(H,41,51)(H,42,52)(H,43,50)(H,45,46)(H,47,48)(H,54,55)(H4,36,37,38)/t18-,21-,22-,23-,24-,25-/m0/s1. The maximum absolute atomic E-state index is 13.4. The van der Waals surface area contributed by atoms with E-state index < -0.39 is 109 Å². The number of carboxylic acid groups (broad SMARTS) is 3. The summed E-state index contributed by atoms with van der Waals surface area (Å²) in [5, 5.41) is 49.6. The second kappa shape index (κ2) is 23.6. The van der Waals surface area contributed by atoms with E-state index in [1.165, 1.54) is 31.2 Å². The van der Waals surface area contributed by atoms with Gasteiger partial charge in [0.05, 0.1) is 6.04 Å². The lowest BCUT2D eigenvalue weighted by molar-refractivity contribution is -0.143. The summed E-state index contributed by atoms with van der Waals surface area (Å²) >= 11 is 0. The number of carbonyl (C=O) groups excluding carboxylic acids is 5. The quantitative estimate of drug-likeness (QED) is 0.0280. The van der Waals surface area contributed by atoms with Gasteiger partial charge in [-0.15, -0.1) is 0 Å². The fourth-order valence-electron chi connectivity index (χ4n) is 5.03. The first-order valence-electron chi connectivity index (χ1n) is 17.5. The van der Waals surface area contributed by atoms with E-state index in [1.807, 2.05) is 13.8 Å². The number of aliphatic imine (C=N–C) groups is 1. The Kier molecular flexibility index (Phi) is 20.2.